The number of ether oxygens (including phenoxy) is 2. The van der Waals surface area contributed by atoms with Crippen molar-refractivity contribution in [1.29, 1.82) is 0 Å². The Morgan fingerprint density at radius 1 is 1.03 bits per heavy atom. The van der Waals surface area contributed by atoms with Gasteiger partial charge < -0.3 is 9.47 Å². The van der Waals surface area contributed by atoms with Crippen molar-refractivity contribution < 1.29 is 23.5 Å². The summed E-state index contributed by atoms with van der Waals surface area (Å²) in [4.78, 5) is 27.1. The van der Waals surface area contributed by atoms with E-state index in [1.807, 2.05) is 38.1 Å². The number of imide groups is 1. The third-order valence-corrected chi connectivity index (χ3v) is 6.72. The van der Waals surface area contributed by atoms with E-state index in [9.17, 15) is 14.0 Å². The van der Waals surface area contributed by atoms with Crippen molar-refractivity contribution in [2.75, 3.05) is 6.61 Å². The number of thioether (sulfide) groups is 1. The fraction of sp³-hybridized carbons (Fsp3) is 0.185. The highest BCUT2D eigenvalue weighted by molar-refractivity contribution is 8.18. The van der Waals surface area contributed by atoms with Crippen LogP contribution in [0.4, 0.5) is 9.18 Å². The van der Waals surface area contributed by atoms with E-state index in [0.717, 1.165) is 22.9 Å². The van der Waals surface area contributed by atoms with Crippen LogP contribution >= 0.6 is 23.4 Å². The van der Waals surface area contributed by atoms with Crippen molar-refractivity contribution in [2.24, 2.45) is 0 Å². The molecule has 0 aliphatic carbocycles. The van der Waals surface area contributed by atoms with Crippen LogP contribution in [0.2, 0.25) is 5.02 Å². The minimum atomic E-state index is -0.450. The molecule has 2 amide bonds. The number of carbonyl (C=O) groups is 2. The van der Waals surface area contributed by atoms with Crippen LogP contribution in [0, 0.1) is 12.7 Å². The highest BCUT2D eigenvalue weighted by Gasteiger charge is 2.35. The topological polar surface area (TPSA) is 55.8 Å². The van der Waals surface area contributed by atoms with Gasteiger partial charge in [0.1, 0.15) is 12.4 Å². The fourth-order valence-corrected chi connectivity index (χ4v) is 4.62. The quantitative estimate of drug-likeness (QED) is 0.305. The Morgan fingerprint density at radius 2 is 1.83 bits per heavy atom. The van der Waals surface area contributed by atoms with Gasteiger partial charge in [-0.2, -0.15) is 0 Å². The second-order valence-corrected chi connectivity index (χ2v) is 9.22. The predicted octanol–water partition coefficient (Wildman–Crippen LogP) is 7.00. The van der Waals surface area contributed by atoms with Crippen molar-refractivity contribution >= 4 is 40.6 Å². The third kappa shape index (κ3) is 5.69. The number of aryl methyl sites for hydroxylation is 1. The molecule has 0 unspecified atom stereocenters. The van der Waals surface area contributed by atoms with Gasteiger partial charge in [0.2, 0.25) is 0 Å². The molecule has 3 aromatic rings. The molecule has 0 spiro atoms. The predicted molar refractivity (Wildman–Crippen MR) is 136 cm³/mol. The Balaban J connectivity index is 1.53. The summed E-state index contributed by atoms with van der Waals surface area (Å²) in [5, 5.41) is -0.0303. The number of amides is 2. The van der Waals surface area contributed by atoms with Gasteiger partial charge in [-0.05, 0) is 72.6 Å². The first-order chi connectivity index (χ1) is 16.9. The van der Waals surface area contributed by atoms with Gasteiger partial charge in [0.15, 0.2) is 11.5 Å². The van der Waals surface area contributed by atoms with Crippen LogP contribution in [0.15, 0.2) is 65.6 Å². The van der Waals surface area contributed by atoms with Gasteiger partial charge in [0.25, 0.3) is 11.1 Å². The van der Waals surface area contributed by atoms with Crippen molar-refractivity contribution in [3.63, 3.8) is 0 Å². The molecule has 1 saturated heterocycles. The number of benzene rings is 3. The van der Waals surface area contributed by atoms with Crippen molar-refractivity contribution in [1.82, 2.24) is 4.90 Å². The molecule has 0 saturated carbocycles. The zero-order chi connectivity index (χ0) is 24.9. The molecule has 0 bridgehead atoms. The van der Waals surface area contributed by atoms with Crippen LogP contribution in [0.5, 0.6) is 11.5 Å². The van der Waals surface area contributed by atoms with Gasteiger partial charge in [-0.15, -0.1) is 0 Å². The van der Waals surface area contributed by atoms with Crippen LogP contribution in [-0.4, -0.2) is 22.7 Å². The average molecular weight is 512 g/mol. The molecule has 180 valence electrons. The van der Waals surface area contributed by atoms with E-state index in [0.29, 0.717) is 28.6 Å². The Morgan fingerprint density at radius 3 is 2.57 bits per heavy atom. The highest BCUT2D eigenvalue weighted by atomic mass is 35.5. The Hall–Kier alpha value is -3.29. The van der Waals surface area contributed by atoms with E-state index >= 15 is 0 Å². The molecule has 0 atom stereocenters. The number of hydrogen-bond donors (Lipinski definition) is 0. The SMILES string of the molecule is CCOc1cc(/C=C2\SC(=O)N(Cc3ccccc3C)C2=O)ccc1OCc1c(F)cccc1Cl. The summed E-state index contributed by atoms with van der Waals surface area (Å²) in [5.41, 5.74) is 2.87. The lowest BCUT2D eigenvalue weighted by Crippen LogP contribution is -2.27. The molecule has 1 aliphatic rings. The van der Waals surface area contributed by atoms with Gasteiger partial charge in [0.05, 0.1) is 23.1 Å². The normalized spacial score (nSPS) is 14.6. The van der Waals surface area contributed by atoms with Crippen LogP contribution in [0.1, 0.15) is 29.2 Å². The first kappa shape index (κ1) is 24.8. The molecule has 0 aromatic heterocycles. The molecule has 5 nitrogen and oxygen atoms in total. The molecule has 1 aliphatic heterocycles. The number of carbonyl (C=O) groups excluding carboxylic acids is 2. The Kier molecular flexibility index (Phi) is 7.78. The lowest BCUT2D eigenvalue weighted by atomic mass is 10.1. The van der Waals surface area contributed by atoms with Gasteiger partial charge >= 0.3 is 0 Å². The van der Waals surface area contributed by atoms with Crippen LogP contribution in [0.3, 0.4) is 0 Å². The zero-order valence-corrected chi connectivity index (χ0v) is 20.8. The lowest BCUT2D eigenvalue weighted by molar-refractivity contribution is -0.123. The van der Waals surface area contributed by atoms with Gasteiger partial charge in [0, 0.05) is 5.56 Å². The second kappa shape index (κ2) is 11.0. The van der Waals surface area contributed by atoms with Crippen molar-refractivity contribution in [2.45, 2.75) is 27.0 Å². The molecule has 3 aromatic carbocycles. The number of halogens is 2. The summed E-state index contributed by atoms with van der Waals surface area (Å²) >= 11 is 7.00. The van der Waals surface area contributed by atoms with Gasteiger partial charge in [-0.3, -0.25) is 14.5 Å². The Bertz CT molecular complexity index is 1290. The molecule has 0 radical (unpaired) electrons. The van der Waals surface area contributed by atoms with E-state index in [2.05, 4.69) is 0 Å². The van der Waals surface area contributed by atoms with E-state index in [1.165, 1.54) is 17.0 Å². The Labute approximate surface area is 212 Å². The maximum Gasteiger partial charge on any atom is 0.293 e. The molecule has 1 fully saturated rings. The van der Waals surface area contributed by atoms with Crippen LogP contribution in [-0.2, 0) is 17.9 Å². The smallest absolute Gasteiger partial charge is 0.293 e. The van der Waals surface area contributed by atoms with Crippen LogP contribution in [0.25, 0.3) is 6.08 Å². The summed E-state index contributed by atoms with van der Waals surface area (Å²) < 4.78 is 25.6. The zero-order valence-electron chi connectivity index (χ0n) is 19.2. The fourth-order valence-electron chi connectivity index (χ4n) is 3.57. The van der Waals surface area contributed by atoms with Crippen LogP contribution < -0.4 is 9.47 Å². The summed E-state index contributed by atoms with van der Waals surface area (Å²) in [6.07, 6.45) is 1.66. The maximum absolute atomic E-state index is 14.1. The first-order valence-corrected chi connectivity index (χ1v) is 12.2. The second-order valence-electron chi connectivity index (χ2n) is 7.82. The first-order valence-electron chi connectivity index (χ1n) is 11.0. The van der Waals surface area contributed by atoms with E-state index in [4.69, 9.17) is 21.1 Å². The molecule has 4 rings (SSSR count). The summed E-state index contributed by atoms with van der Waals surface area (Å²) in [6, 6.07) is 17.3. The summed E-state index contributed by atoms with van der Waals surface area (Å²) in [7, 11) is 0. The number of rotatable bonds is 8. The monoisotopic (exact) mass is 511 g/mol. The molecule has 1 heterocycles. The minimum absolute atomic E-state index is 0.0667. The molecule has 8 heteroatoms. The average Bonchev–Trinajstić information content (AvgIpc) is 3.09. The minimum Gasteiger partial charge on any atom is -0.490 e. The standard InChI is InChI=1S/C27H23ClFNO4S/c1-3-33-24-13-18(11-12-23(24)34-16-20-21(28)9-6-10-22(20)29)14-25-26(31)30(27(32)35-25)15-19-8-5-4-7-17(19)2/h4-14H,3,15-16H2,1-2H3/b25-14-. The van der Waals surface area contributed by atoms with E-state index < -0.39 is 5.82 Å². The van der Waals surface area contributed by atoms with Gasteiger partial charge in [-0.25, -0.2) is 4.39 Å². The molecular weight excluding hydrogens is 489 g/mol. The highest BCUT2D eigenvalue weighted by Crippen LogP contribution is 2.36. The summed E-state index contributed by atoms with van der Waals surface area (Å²) in [6.45, 7) is 4.32. The molecular formula is C27H23ClFNO4S. The molecule has 35 heavy (non-hydrogen) atoms. The molecule has 0 N–H and O–H groups in total. The van der Waals surface area contributed by atoms with E-state index in [1.54, 1.807) is 30.3 Å². The summed E-state index contributed by atoms with van der Waals surface area (Å²) in [5.74, 6) is 0.0630. The maximum atomic E-state index is 14.1. The van der Waals surface area contributed by atoms with Gasteiger partial charge in [-0.1, -0.05) is 48.0 Å². The number of nitrogens with zero attached hydrogens (tertiary/aromatic N) is 1. The number of hydrogen-bond acceptors (Lipinski definition) is 5. The van der Waals surface area contributed by atoms with Crippen molar-refractivity contribution in [3.8, 4) is 11.5 Å². The van der Waals surface area contributed by atoms with E-state index in [-0.39, 0.29) is 34.9 Å². The van der Waals surface area contributed by atoms with Crippen molar-refractivity contribution in [3.05, 3.63) is 98.7 Å². The largest absolute Gasteiger partial charge is 0.490 e. The lowest BCUT2D eigenvalue weighted by Gasteiger charge is -2.14. The third-order valence-electron chi connectivity index (χ3n) is 5.46.